The topological polar surface area (TPSA) is 96.6 Å². The van der Waals surface area contributed by atoms with Crippen LogP contribution in [-0.4, -0.2) is 42.4 Å². The average molecular weight is 331 g/mol. The molecule has 1 aromatic carbocycles. The predicted octanol–water partition coefficient (Wildman–Crippen LogP) is 2.32. The molecular weight excluding hydrogens is 310 g/mol. The third-order valence-corrected chi connectivity index (χ3v) is 3.06. The summed E-state index contributed by atoms with van der Waals surface area (Å²) in [4.78, 5) is 19.9. The van der Waals surface area contributed by atoms with Crippen molar-refractivity contribution in [1.82, 2.24) is 9.97 Å². The van der Waals surface area contributed by atoms with E-state index in [1.165, 1.54) is 0 Å². The second-order valence-corrected chi connectivity index (χ2v) is 4.79. The van der Waals surface area contributed by atoms with Crippen LogP contribution >= 0.6 is 0 Å². The second kappa shape index (κ2) is 8.83. The van der Waals surface area contributed by atoms with Crippen molar-refractivity contribution in [1.29, 1.82) is 0 Å². The highest BCUT2D eigenvalue weighted by Gasteiger charge is 2.13. The minimum atomic E-state index is -0.531. The monoisotopic (exact) mass is 331 g/mol. The zero-order valence-electron chi connectivity index (χ0n) is 13.8. The van der Waals surface area contributed by atoms with E-state index in [0.717, 1.165) is 5.56 Å². The maximum atomic E-state index is 11.8. The number of carbonyl (C=O) groups is 1. The van der Waals surface area contributed by atoms with E-state index < -0.39 is 5.97 Å². The van der Waals surface area contributed by atoms with Gasteiger partial charge in [-0.2, -0.15) is 0 Å². The van der Waals surface area contributed by atoms with Crippen LogP contribution in [-0.2, 0) is 9.47 Å². The number of nitrogen functional groups attached to an aromatic ring is 1. The van der Waals surface area contributed by atoms with E-state index in [2.05, 4.69) is 9.97 Å². The molecule has 24 heavy (non-hydrogen) atoms. The zero-order valence-corrected chi connectivity index (χ0v) is 13.8. The van der Waals surface area contributed by atoms with Crippen LogP contribution in [0.25, 0.3) is 11.3 Å². The van der Waals surface area contributed by atoms with Gasteiger partial charge in [-0.25, -0.2) is 14.8 Å². The molecule has 0 saturated heterocycles. The van der Waals surface area contributed by atoms with Gasteiger partial charge in [-0.3, -0.25) is 0 Å². The van der Waals surface area contributed by atoms with E-state index in [1.807, 2.05) is 31.2 Å². The lowest BCUT2D eigenvalue weighted by atomic mass is 10.1. The maximum absolute atomic E-state index is 11.8. The van der Waals surface area contributed by atoms with E-state index in [9.17, 15) is 4.79 Å². The molecule has 2 aromatic rings. The number of hydrogen-bond acceptors (Lipinski definition) is 7. The van der Waals surface area contributed by atoms with Crippen molar-refractivity contribution >= 4 is 11.9 Å². The van der Waals surface area contributed by atoms with E-state index >= 15 is 0 Å². The largest absolute Gasteiger partial charge is 0.491 e. The van der Waals surface area contributed by atoms with Crippen LogP contribution in [0.1, 0.15) is 24.3 Å². The first kappa shape index (κ1) is 17.7. The first-order valence-corrected chi connectivity index (χ1v) is 7.76. The molecular formula is C17H21N3O4. The number of benzene rings is 1. The van der Waals surface area contributed by atoms with Crippen LogP contribution in [0.2, 0.25) is 0 Å². The Balaban J connectivity index is 2.20. The standard InChI is InChI=1S/C17H21N3O4/c1-3-22-8-9-24-13-7-5-6-12(10-13)14-11-15(16(21)23-4-2)20-17(18)19-14/h5-7,10-11H,3-4,8-9H2,1-2H3,(H2,18,19,20). The molecule has 2 N–H and O–H groups in total. The number of carbonyl (C=O) groups excluding carboxylic acids is 1. The van der Waals surface area contributed by atoms with Crippen molar-refractivity contribution in [3.05, 3.63) is 36.0 Å². The molecule has 0 spiro atoms. The average Bonchev–Trinajstić information content (AvgIpc) is 2.59. The van der Waals surface area contributed by atoms with Gasteiger partial charge in [0.2, 0.25) is 5.95 Å². The molecule has 0 bridgehead atoms. The molecule has 7 nitrogen and oxygen atoms in total. The van der Waals surface area contributed by atoms with Gasteiger partial charge in [0.25, 0.3) is 0 Å². The van der Waals surface area contributed by atoms with E-state index in [0.29, 0.717) is 31.3 Å². The molecule has 0 unspecified atom stereocenters. The number of ether oxygens (including phenoxy) is 3. The van der Waals surface area contributed by atoms with Crippen molar-refractivity contribution in [2.24, 2.45) is 0 Å². The highest BCUT2D eigenvalue weighted by Crippen LogP contribution is 2.23. The van der Waals surface area contributed by atoms with Crippen LogP contribution in [0, 0.1) is 0 Å². The van der Waals surface area contributed by atoms with Crippen molar-refractivity contribution in [2.45, 2.75) is 13.8 Å². The predicted molar refractivity (Wildman–Crippen MR) is 89.8 cm³/mol. The normalized spacial score (nSPS) is 10.4. The zero-order chi connectivity index (χ0) is 17.4. The first-order chi connectivity index (χ1) is 11.6. The molecule has 0 atom stereocenters. The van der Waals surface area contributed by atoms with Gasteiger partial charge in [0.1, 0.15) is 12.4 Å². The molecule has 0 aliphatic heterocycles. The molecule has 0 saturated carbocycles. The molecule has 2 rings (SSSR count). The number of nitrogens with two attached hydrogens (primary N) is 1. The van der Waals surface area contributed by atoms with Crippen molar-refractivity contribution < 1.29 is 19.0 Å². The van der Waals surface area contributed by atoms with Crippen LogP contribution < -0.4 is 10.5 Å². The van der Waals surface area contributed by atoms with Gasteiger partial charge >= 0.3 is 5.97 Å². The highest BCUT2D eigenvalue weighted by molar-refractivity contribution is 5.88. The van der Waals surface area contributed by atoms with Gasteiger partial charge < -0.3 is 19.9 Å². The SMILES string of the molecule is CCOCCOc1cccc(-c2cc(C(=O)OCC)nc(N)n2)c1. The summed E-state index contributed by atoms with van der Waals surface area (Å²) in [5.41, 5.74) is 7.13. The molecule has 1 aromatic heterocycles. The Bertz CT molecular complexity index is 691. The molecule has 0 amide bonds. The number of anilines is 1. The lowest BCUT2D eigenvalue weighted by Gasteiger charge is -2.09. The highest BCUT2D eigenvalue weighted by atomic mass is 16.5. The van der Waals surface area contributed by atoms with Crippen molar-refractivity contribution in [3.63, 3.8) is 0 Å². The van der Waals surface area contributed by atoms with Gasteiger partial charge in [0.05, 0.1) is 18.9 Å². The summed E-state index contributed by atoms with van der Waals surface area (Å²) < 4.78 is 15.8. The van der Waals surface area contributed by atoms with Crippen molar-refractivity contribution in [2.75, 3.05) is 32.2 Å². The summed E-state index contributed by atoms with van der Waals surface area (Å²) in [6.45, 7) is 5.56. The molecule has 0 fully saturated rings. The quantitative estimate of drug-likeness (QED) is 0.585. The summed E-state index contributed by atoms with van der Waals surface area (Å²) in [5.74, 6) is 0.164. The van der Waals surface area contributed by atoms with Crippen LogP contribution in [0.3, 0.4) is 0 Å². The summed E-state index contributed by atoms with van der Waals surface area (Å²) in [7, 11) is 0. The summed E-state index contributed by atoms with van der Waals surface area (Å²) in [6, 6.07) is 8.91. The Morgan fingerprint density at radius 1 is 1.12 bits per heavy atom. The Hall–Kier alpha value is -2.67. The molecule has 0 aliphatic rings. The Morgan fingerprint density at radius 3 is 2.71 bits per heavy atom. The van der Waals surface area contributed by atoms with Crippen LogP contribution in [0.4, 0.5) is 5.95 Å². The van der Waals surface area contributed by atoms with Gasteiger partial charge in [-0.15, -0.1) is 0 Å². The number of rotatable bonds is 8. The Morgan fingerprint density at radius 2 is 1.96 bits per heavy atom. The number of esters is 1. The fourth-order valence-corrected chi connectivity index (χ4v) is 2.03. The molecule has 0 radical (unpaired) electrons. The first-order valence-electron chi connectivity index (χ1n) is 7.76. The van der Waals surface area contributed by atoms with Crippen molar-refractivity contribution in [3.8, 4) is 17.0 Å². The molecule has 0 aliphatic carbocycles. The van der Waals surface area contributed by atoms with E-state index in [4.69, 9.17) is 19.9 Å². The van der Waals surface area contributed by atoms with Gasteiger partial charge in [-0.05, 0) is 32.0 Å². The van der Waals surface area contributed by atoms with E-state index in [-0.39, 0.29) is 18.2 Å². The summed E-state index contributed by atoms with van der Waals surface area (Å²) >= 11 is 0. The summed E-state index contributed by atoms with van der Waals surface area (Å²) in [6.07, 6.45) is 0. The number of nitrogens with zero attached hydrogens (tertiary/aromatic N) is 2. The Labute approximate surface area is 140 Å². The number of hydrogen-bond donors (Lipinski definition) is 1. The third kappa shape index (κ3) is 4.92. The second-order valence-electron chi connectivity index (χ2n) is 4.79. The molecule has 1 heterocycles. The number of aromatic nitrogens is 2. The minimum absolute atomic E-state index is 0.0122. The van der Waals surface area contributed by atoms with E-state index in [1.54, 1.807) is 13.0 Å². The minimum Gasteiger partial charge on any atom is -0.491 e. The fourth-order valence-electron chi connectivity index (χ4n) is 2.03. The van der Waals surface area contributed by atoms with Crippen LogP contribution in [0.5, 0.6) is 5.75 Å². The molecule has 7 heteroatoms. The van der Waals surface area contributed by atoms with Gasteiger partial charge in [0, 0.05) is 12.2 Å². The maximum Gasteiger partial charge on any atom is 0.357 e. The molecule has 128 valence electrons. The third-order valence-electron chi connectivity index (χ3n) is 3.06. The lowest BCUT2D eigenvalue weighted by molar-refractivity contribution is 0.0519. The summed E-state index contributed by atoms with van der Waals surface area (Å²) in [5, 5.41) is 0. The van der Waals surface area contributed by atoms with Gasteiger partial charge in [0.15, 0.2) is 5.69 Å². The van der Waals surface area contributed by atoms with Gasteiger partial charge in [-0.1, -0.05) is 12.1 Å². The lowest BCUT2D eigenvalue weighted by Crippen LogP contribution is -2.10. The fraction of sp³-hybridized carbons (Fsp3) is 0.353. The Kier molecular flexibility index (Phi) is 6.51. The smallest absolute Gasteiger partial charge is 0.357 e. The van der Waals surface area contributed by atoms with Crippen LogP contribution in [0.15, 0.2) is 30.3 Å².